The largest absolute Gasteiger partial charge is 0.345 e. The summed E-state index contributed by atoms with van der Waals surface area (Å²) in [6.45, 7) is 2.27. The molecule has 0 radical (unpaired) electrons. The van der Waals surface area contributed by atoms with Crippen molar-refractivity contribution in [2.45, 2.75) is 18.8 Å². The number of hydrogen-bond donors (Lipinski definition) is 3. The molecule has 8 nitrogen and oxygen atoms in total. The molecule has 1 aliphatic rings. The second-order valence-corrected chi connectivity index (χ2v) is 8.92. The Morgan fingerprint density at radius 3 is 2.59 bits per heavy atom. The normalized spacial score (nSPS) is 15.2. The van der Waals surface area contributed by atoms with Gasteiger partial charge in [-0.05, 0) is 80.2 Å². The number of anilines is 2. The first-order chi connectivity index (χ1) is 16.6. The summed E-state index contributed by atoms with van der Waals surface area (Å²) in [7, 11) is 2.18. The third-order valence-corrected chi connectivity index (χ3v) is 6.64. The minimum Gasteiger partial charge on any atom is -0.345 e. The topological polar surface area (TPSA) is 103 Å². The fourth-order valence-corrected chi connectivity index (χ4v) is 4.71. The zero-order valence-electron chi connectivity index (χ0n) is 18.9. The van der Waals surface area contributed by atoms with Crippen molar-refractivity contribution >= 4 is 33.4 Å². The molecule has 0 spiro atoms. The molecule has 6 rings (SSSR count). The van der Waals surface area contributed by atoms with E-state index in [9.17, 15) is 4.79 Å². The molecule has 0 aliphatic carbocycles. The number of aromatic amines is 2. The highest BCUT2D eigenvalue weighted by Gasteiger charge is 2.18. The van der Waals surface area contributed by atoms with E-state index in [1.165, 1.54) is 18.4 Å². The summed E-state index contributed by atoms with van der Waals surface area (Å²) in [6.07, 6.45) is 7.51. The van der Waals surface area contributed by atoms with E-state index in [1.807, 2.05) is 24.4 Å². The van der Waals surface area contributed by atoms with E-state index in [0.717, 1.165) is 35.3 Å². The van der Waals surface area contributed by atoms with E-state index in [-0.39, 0.29) is 5.56 Å². The predicted molar refractivity (Wildman–Crippen MR) is 134 cm³/mol. The predicted octanol–water partition coefficient (Wildman–Crippen LogP) is 4.41. The Labute approximate surface area is 196 Å². The molecule has 0 bridgehead atoms. The van der Waals surface area contributed by atoms with Crippen molar-refractivity contribution in [3.8, 4) is 11.4 Å². The quantitative estimate of drug-likeness (QED) is 0.374. The maximum absolute atomic E-state index is 12.7. The van der Waals surface area contributed by atoms with Crippen LogP contribution < -0.4 is 10.9 Å². The molecule has 0 unspecified atom stereocenters. The number of pyridine rings is 2. The summed E-state index contributed by atoms with van der Waals surface area (Å²) in [4.78, 5) is 34.8. The lowest BCUT2D eigenvalue weighted by atomic mass is 9.89. The Hall–Kier alpha value is -4.04. The number of aromatic nitrogens is 5. The van der Waals surface area contributed by atoms with Crippen LogP contribution in [-0.2, 0) is 0 Å². The van der Waals surface area contributed by atoms with Crippen molar-refractivity contribution in [3.63, 3.8) is 0 Å². The number of benzene rings is 1. The van der Waals surface area contributed by atoms with Crippen LogP contribution in [0.4, 0.5) is 11.5 Å². The second-order valence-electron chi connectivity index (χ2n) is 8.92. The number of hydrogen-bond acceptors (Lipinski definition) is 6. The Kier molecular flexibility index (Phi) is 5.07. The maximum Gasteiger partial charge on any atom is 0.259 e. The lowest BCUT2D eigenvalue weighted by Crippen LogP contribution is -2.29. The minimum absolute atomic E-state index is 0.186. The van der Waals surface area contributed by atoms with Crippen LogP contribution in [0.2, 0.25) is 0 Å². The number of nitrogens with one attached hydrogen (secondary N) is 3. The Morgan fingerprint density at radius 1 is 0.971 bits per heavy atom. The zero-order valence-corrected chi connectivity index (χ0v) is 18.9. The third kappa shape index (κ3) is 3.82. The van der Waals surface area contributed by atoms with E-state index in [4.69, 9.17) is 4.98 Å². The van der Waals surface area contributed by atoms with Crippen molar-refractivity contribution in [1.29, 1.82) is 0 Å². The average Bonchev–Trinajstić information content (AvgIpc) is 3.33. The number of fused-ring (bicyclic) bond motifs is 2. The molecule has 5 aromatic rings. The molecular weight excluding hydrogens is 426 g/mol. The lowest BCUT2D eigenvalue weighted by molar-refractivity contribution is 0.255. The molecule has 0 amide bonds. The first kappa shape index (κ1) is 20.6. The van der Waals surface area contributed by atoms with Gasteiger partial charge in [0, 0.05) is 18.1 Å². The van der Waals surface area contributed by atoms with E-state index < -0.39 is 0 Å². The van der Waals surface area contributed by atoms with Gasteiger partial charge in [-0.2, -0.15) is 0 Å². The number of H-pyrrole nitrogens is 2. The SMILES string of the molecule is CN1CCC(c2ccc(Nc3nc(-c4cnc5[nH]ccc5n4)cc4cc[nH]c(=O)c34)cc2)CC1. The van der Waals surface area contributed by atoms with Crippen molar-refractivity contribution in [2.75, 3.05) is 25.5 Å². The van der Waals surface area contributed by atoms with Gasteiger partial charge in [-0.1, -0.05) is 12.1 Å². The summed E-state index contributed by atoms with van der Waals surface area (Å²) in [5.74, 6) is 1.09. The van der Waals surface area contributed by atoms with E-state index in [1.54, 1.807) is 12.4 Å². The molecule has 34 heavy (non-hydrogen) atoms. The summed E-state index contributed by atoms with van der Waals surface area (Å²) in [5.41, 5.74) is 4.85. The summed E-state index contributed by atoms with van der Waals surface area (Å²) < 4.78 is 0. The van der Waals surface area contributed by atoms with Gasteiger partial charge in [-0.15, -0.1) is 0 Å². The van der Waals surface area contributed by atoms with Gasteiger partial charge in [-0.25, -0.2) is 15.0 Å². The number of piperidine rings is 1. The monoisotopic (exact) mass is 451 g/mol. The van der Waals surface area contributed by atoms with Crippen LogP contribution >= 0.6 is 0 Å². The van der Waals surface area contributed by atoms with Crippen LogP contribution in [0.5, 0.6) is 0 Å². The zero-order chi connectivity index (χ0) is 23.1. The molecule has 5 heterocycles. The molecule has 4 aromatic heterocycles. The molecule has 0 atom stereocenters. The van der Waals surface area contributed by atoms with Crippen molar-refractivity contribution < 1.29 is 0 Å². The minimum atomic E-state index is -0.186. The van der Waals surface area contributed by atoms with Crippen LogP contribution in [0, 0.1) is 0 Å². The van der Waals surface area contributed by atoms with Gasteiger partial charge in [-0.3, -0.25) is 4.79 Å². The molecule has 8 heteroatoms. The number of rotatable bonds is 4. The maximum atomic E-state index is 12.7. The highest BCUT2D eigenvalue weighted by atomic mass is 16.1. The average molecular weight is 452 g/mol. The van der Waals surface area contributed by atoms with Gasteiger partial charge in [0.25, 0.3) is 5.56 Å². The highest BCUT2D eigenvalue weighted by molar-refractivity contribution is 5.95. The second kappa shape index (κ2) is 8.39. The molecular formula is C26H25N7O. The van der Waals surface area contributed by atoms with Crippen LogP contribution in [0.3, 0.4) is 0 Å². The fraction of sp³-hybridized carbons (Fsp3) is 0.231. The van der Waals surface area contributed by atoms with Crippen LogP contribution in [0.15, 0.2) is 65.8 Å². The summed E-state index contributed by atoms with van der Waals surface area (Å²) in [5, 5.41) is 4.68. The third-order valence-electron chi connectivity index (χ3n) is 6.64. The number of likely N-dealkylation sites (tertiary alicyclic amines) is 1. The van der Waals surface area contributed by atoms with Gasteiger partial charge in [0.1, 0.15) is 17.0 Å². The van der Waals surface area contributed by atoms with Gasteiger partial charge in [0.05, 0.1) is 17.3 Å². The number of nitrogens with zero attached hydrogens (tertiary/aromatic N) is 4. The van der Waals surface area contributed by atoms with Gasteiger partial charge >= 0.3 is 0 Å². The van der Waals surface area contributed by atoms with Crippen LogP contribution in [0.1, 0.15) is 24.3 Å². The van der Waals surface area contributed by atoms with Crippen LogP contribution in [-0.4, -0.2) is 50.0 Å². The van der Waals surface area contributed by atoms with Crippen LogP contribution in [0.25, 0.3) is 33.3 Å². The molecule has 1 fully saturated rings. The van der Waals surface area contributed by atoms with E-state index in [0.29, 0.717) is 28.5 Å². The molecule has 1 aliphatic heterocycles. The first-order valence-electron chi connectivity index (χ1n) is 11.5. The molecule has 3 N–H and O–H groups in total. The van der Waals surface area contributed by atoms with Crippen molar-refractivity contribution in [1.82, 2.24) is 29.8 Å². The molecule has 170 valence electrons. The highest BCUT2D eigenvalue weighted by Crippen LogP contribution is 2.30. The Bertz CT molecular complexity index is 1530. The molecule has 1 aromatic carbocycles. The Balaban J connectivity index is 1.37. The van der Waals surface area contributed by atoms with E-state index in [2.05, 4.69) is 61.5 Å². The van der Waals surface area contributed by atoms with Crippen molar-refractivity contribution in [2.24, 2.45) is 0 Å². The molecule has 1 saturated heterocycles. The fourth-order valence-electron chi connectivity index (χ4n) is 4.71. The summed E-state index contributed by atoms with van der Waals surface area (Å²) >= 11 is 0. The van der Waals surface area contributed by atoms with Gasteiger partial charge in [0.15, 0.2) is 5.65 Å². The Morgan fingerprint density at radius 2 is 1.76 bits per heavy atom. The van der Waals surface area contributed by atoms with Crippen molar-refractivity contribution in [3.05, 3.63) is 77.0 Å². The summed E-state index contributed by atoms with van der Waals surface area (Å²) in [6, 6.07) is 14.1. The van der Waals surface area contributed by atoms with Gasteiger partial charge in [0.2, 0.25) is 0 Å². The first-order valence-corrected chi connectivity index (χ1v) is 11.5. The standard InChI is InChI=1S/C26H25N7O/c1-33-12-8-17(9-13-33)16-2-4-19(5-3-16)30-25-23-18(6-10-28-26(23)34)14-21(32-25)22-15-29-24-20(31-22)7-11-27-24/h2-7,10-11,14-15,17H,8-9,12-13H2,1H3,(H,27,29)(H,28,34)(H,30,32). The smallest absolute Gasteiger partial charge is 0.259 e. The lowest BCUT2D eigenvalue weighted by Gasteiger charge is -2.29. The van der Waals surface area contributed by atoms with E-state index >= 15 is 0 Å². The van der Waals surface area contributed by atoms with Gasteiger partial charge < -0.3 is 20.2 Å². The molecule has 0 saturated carbocycles.